The molecule has 1 aromatic carbocycles. The van der Waals surface area contributed by atoms with Gasteiger partial charge in [-0.05, 0) is 11.5 Å². The van der Waals surface area contributed by atoms with Crippen LogP contribution in [-0.4, -0.2) is 11.7 Å². The summed E-state index contributed by atoms with van der Waals surface area (Å²) < 4.78 is 7.17. The molecule has 1 aliphatic rings. The Morgan fingerprint density at radius 3 is 3.00 bits per heavy atom. The van der Waals surface area contributed by atoms with E-state index in [4.69, 9.17) is 4.74 Å². The molecule has 3 nitrogen and oxygen atoms in total. The molecule has 0 radical (unpaired) electrons. The first kappa shape index (κ1) is 8.68. The lowest BCUT2D eigenvalue weighted by atomic mass is 10.1. The molecule has 3 rings (SSSR count). The molecule has 0 bridgehead atoms. The van der Waals surface area contributed by atoms with Crippen molar-refractivity contribution in [3.05, 3.63) is 46.2 Å². The average molecular weight is 201 g/mol. The van der Waals surface area contributed by atoms with Gasteiger partial charge in [0.2, 0.25) is 0 Å². The molecule has 0 saturated carbocycles. The predicted octanol–water partition coefficient (Wildman–Crippen LogP) is 1.70. The topological polar surface area (TPSA) is 31.2 Å². The Morgan fingerprint density at radius 2 is 2.20 bits per heavy atom. The summed E-state index contributed by atoms with van der Waals surface area (Å²) in [6.45, 7) is 0.631. The van der Waals surface area contributed by atoms with Gasteiger partial charge in [-0.2, -0.15) is 0 Å². The first-order valence-corrected chi connectivity index (χ1v) is 4.96. The molecule has 2 heterocycles. The van der Waals surface area contributed by atoms with Crippen molar-refractivity contribution in [2.45, 2.75) is 12.6 Å². The number of pyridine rings is 1. The molecule has 0 spiro atoms. The fourth-order valence-electron chi connectivity index (χ4n) is 2.29. The Bertz CT molecular complexity index is 586. The number of para-hydroxylation sites is 1. The van der Waals surface area contributed by atoms with E-state index in [0.29, 0.717) is 6.54 Å². The normalized spacial score (nSPS) is 18.6. The Balaban J connectivity index is 2.45. The molecule has 1 aromatic heterocycles. The standard InChI is InChI=1S/C12H11NO2/c1-15-10-7-13-11(14)6-5-8-3-2-4-9(10)12(8)13/h2-6,10H,7H2,1H3. The van der Waals surface area contributed by atoms with Crippen LogP contribution in [0.15, 0.2) is 35.1 Å². The highest BCUT2D eigenvalue weighted by molar-refractivity contribution is 5.83. The van der Waals surface area contributed by atoms with Crippen LogP contribution in [0.25, 0.3) is 10.9 Å². The van der Waals surface area contributed by atoms with Gasteiger partial charge in [0.1, 0.15) is 6.10 Å². The highest BCUT2D eigenvalue weighted by Gasteiger charge is 2.24. The minimum absolute atomic E-state index is 0.0174. The summed E-state index contributed by atoms with van der Waals surface area (Å²) in [5.74, 6) is 0. The first-order chi connectivity index (χ1) is 7.31. The van der Waals surface area contributed by atoms with Crippen molar-refractivity contribution >= 4 is 10.9 Å². The lowest BCUT2D eigenvalue weighted by Crippen LogP contribution is -2.17. The lowest BCUT2D eigenvalue weighted by Gasteiger charge is -2.06. The molecule has 1 unspecified atom stereocenters. The largest absolute Gasteiger partial charge is 0.375 e. The molecule has 76 valence electrons. The molecular weight excluding hydrogens is 190 g/mol. The number of rotatable bonds is 1. The number of nitrogens with zero attached hydrogens (tertiary/aromatic N) is 1. The maximum absolute atomic E-state index is 11.7. The summed E-state index contributed by atoms with van der Waals surface area (Å²) in [6, 6.07) is 9.54. The van der Waals surface area contributed by atoms with Gasteiger partial charge in [-0.3, -0.25) is 4.79 Å². The maximum Gasteiger partial charge on any atom is 0.251 e. The highest BCUT2D eigenvalue weighted by atomic mass is 16.5. The van der Waals surface area contributed by atoms with Gasteiger partial charge >= 0.3 is 0 Å². The van der Waals surface area contributed by atoms with Crippen LogP contribution in [0.4, 0.5) is 0 Å². The number of methoxy groups -OCH3 is 1. The zero-order chi connectivity index (χ0) is 10.4. The smallest absolute Gasteiger partial charge is 0.251 e. The van der Waals surface area contributed by atoms with E-state index < -0.39 is 0 Å². The Kier molecular flexibility index (Phi) is 1.70. The van der Waals surface area contributed by atoms with Gasteiger partial charge in [0.05, 0.1) is 12.1 Å². The molecule has 0 aliphatic carbocycles. The molecule has 15 heavy (non-hydrogen) atoms. The van der Waals surface area contributed by atoms with E-state index in [9.17, 15) is 4.79 Å². The molecular formula is C12H11NO2. The first-order valence-electron chi connectivity index (χ1n) is 4.96. The number of hydrogen-bond donors (Lipinski definition) is 0. The van der Waals surface area contributed by atoms with Crippen molar-refractivity contribution in [2.24, 2.45) is 0 Å². The molecule has 1 aliphatic heterocycles. The summed E-state index contributed by atoms with van der Waals surface area (Å²) in [7, 11) is 1.68. The number of ether oxygens (including phenoxy) is 1. The minimum atomic E-state index is 0.0174. The van der Waals surface area contributed by atoms with Crippen molar-refractivity contribution in [1.29, 1.82) is 0 Å². The van der Waals surface area contributed by atoms with E-state index >= 15 is 0 Å². The van der Waals surface area contributed by atoms with Crippen LogP contribution in [0.3, 0.4) is 0 Å². The van der Waals surface area contributed by atoms with Crippen molar-refractivity contribution in [3.63, 3.8) is 0 Å². The van der Waals surface area contributed by atoms with E-state index in [-0.39, 0.29) is 11.7 Å². The molecule has 0 amide bonds. The summed E-state index contributed by atoms with van der Waals surface area (Å²) in [5, 5.41) is 1.10. The second kappa shape index (κ2) is 2.94. The fraction of sp³-hybridized carbons (Fsp3) is 0.250. The predicted molar refractivity (Wildman–Crippen MR) is 58.0 cm³/mol. The molecule has 0 saturated heterocycles. The molecule has 3 heteroatoms. The Morgan fingerprint density at radius 1 is 1.33 bits per heavy atom. The van der Waals surface area contributed by atoms with Crippen LogP contribution >= 0.6 is 0 Å². The van der Waals surface area contributed by atoms with Crippen LogP contribution in [-0.2, 0) is 11.3 Å². The van der Waals surface area contributed by atoms with Gasteiger partial charge in [-0.1, -0.05) is 18.2 Å². The van der Waals surface area contributed by atoms with Crippen LogP contribution in [0.1, 0.15) is 11.7 Å². The van der Waals surface area contributed by atoms with Crippen LogP contribution < -0.4 is 5.56 Å². The highest BCUT2D eigenvalue weighted by Crippen LogP contribution is 2.32. The summed E-state index contributed by atoms with van der Waals surface area (Å²) in [6.07, 6.45) is 0.0174. The van der Waals surface area contributed by atoms with Crippen molar-refractivity contribution in [1.82, 2.24) is 4.57 Å². The number of benzene rings is 1. The average Bonchev–Trinajstić information content (AvgIpc) is 2.65. The summed E-state index contributed by atoms with van der Waals surface area (Å²) >= 11 is 0. The van der Waals surface area contributed by atoms with Crippen LogP contribution in [0.2, 0.25) is 0 Å². The third kappa shape index (κ3) is 1.07. The van der Waals surface area contributed by atoms with Gasteiger partial charge in [-0.25, -0.2) is 0 Å². The second-order valence-electron chi connectivity index (χ2n) is 3.79. The lowest BCUT2D eigenvalue weighted by molar-refractivity contribution is 0.0969. The number of aromatic nitrogens is 1. The second-order valence-corrected chi connectivity index (χ2v) is 3.79. The zero-order valence-electron chi connectivity index (χ0n) is 8.43. The van der Waals surface area contributed by atoms with Crippen LogP contribution in [0, 0.1) is 0 Å². The maximum atomic E-state index is 11.7. The molecule has 0 N–H and O–H groups in total. The summed E-state index contributed by atoms with van der Waals surface area (Å²) in [5.41, 5.74) is 2.19. The van der Waals surface area contributed by atoms with E-state index in [2.05, 4.69) is 0 Å². The minimum Gasteiger partial charge on any atom is -0.375 e. The van der Waals surface area contributed by atoms with Crippen LogP contribution in [0.5, 0.6) is 0 Å². The molecule has 0 fully saturated rings. The van der Waals surface area contributed by atoms with Gasteiger partial charge in [0, 0.05) is 18.7 Å². The van der Waals surface area contributed by atoms with E-state index in [1.54, 1.807) is 17.7 Å². The van der Waals surface area contributed by atoms with Gasteiger partial charge in [0.25, 0.3) is 5.56 Å². The third-order valence-corrected chi connectivity index (χ3v) is 3.02. The quantitative estimate of drug-likeness (QED) is 0.703. The van der Waals surface area contributed by atoms with Gasteiger partial charge in [-0.15, -0.1) is 0 Å². The van der Waals surface area contributed by atoms with Crippen molar-refractivity contribution < 1.29 is 4.74 Å². The van der Waals surface area contributed by atoms with Crippen molar-refractivity contribution in [3.8, 4) is 0 Å². The van der Waals surface area contributed by atoms with E-state index in [1.807, 2.05) is 24.3 Å². The van der Waals surface area contributed by atoms with E-state index in [1.165, 1.54) is 0 Å². The zero-order valence-corrected chi connectivity index (χ0v) is 8.43. The molecule has 1 atom stereocenters. The van der Waals surface area contributed by atoms with Crippen molar-refractivity contribution in [2.75, 3.05) is 7.11 Å². The summed E-state index contributed by atoms with van der Waals surface area (Å²) in [4.78, 5) is 11.7. The van der Waals surface area contributed by atoms with Gasteiger partial charge in [0.15, 0.2) is 0 Å². The molecule has 2 aromatic rings. The van der Waals surface area contributed by atoms with E-state index in [0.717, 1.165) is 16.5 Å². The third-order valence-electron chi connectivity index (χ3n) is 3.02. The van der Waals surface area contributed by atoms with Gasteiger partial charge < -0.3 is 9.30 Å². The number of hydrogen-bond acceptors (Lipinski definition) is 2. The SMILES string of the molecule is COC1Cn2c(=O)ccc3cccc1c32. The Hall–Kier alpha value is -1.61. The fourth-order valence-corrected chi connectivity index (χ4v) is 2.29. The Labute approximate surface area is 86.9 Å². The monoisotopic (exact) mass is 201 g/mol.